The molecular weight excluding hydrogens is 511 g/mol. The second-order valence-electron chi connectivity index (χ2n) is 9.43. The van der Waals surface area contributed by atoms with E-state index in [2.05, 4.69) is 4.72 Å². The summed E-state index contributed by atoms with van der Waals surface area (Å²) >= 11 is 1.36. The normalized spacial score (nSPS) is 26.0. The first-order chi connectivity index (χ1) is 16.8. The summed E-state index contributed by atoms with van der Waals surface area (Å²) in [6, 6.07) is 5.40. The van der Waals surface area contributed by atoms with Crippen molar-refractivity contribution in [2.75, 3.05) is 13.1 Å². The van der Waals surface area contributed by atoms with Gasteiger partial charge in [0.05, 0.1) is 6.10 Å². The Hall–Kier alpha value is -2.03. The number of nitrogens with one attached hydrogen (secondary N) is 1. The lowest BCUT2D eigenvalue weighted by molar-refractivity contribution is -0.140. The number of thioether (sulfide) groups is 1. The maximum atomic E-state index is 13.7. The Bertz CT molecular complexity index is 1130. The number of carbonyl (C=O) groups is 2. The van der Waals surface area contributed by atoms with Gasteiger partial charge in [-0.25, -0.2) is 19.0 Å². The third kappa shape index (κ3) is 7.05. The Kier molecular flexibility index (Phi) is 9.17. The highest BCUT2D eigenvalue weighted by Crippen LogP contribution is 2.46. The molecule has 0 unspecified atom stereocenters. The molecule has 3 rings (SSSR count). The summed E-state index contributed by atoms with van der Waals surface area (Å²) in [5, 5.41) is 25.0. The maximum Gasteiger partial charge on any atom is 0.353 e. The van der Waals surface area contributed by atoms with Crippen molar-refractivity contribution >= 4 is 33.8 Å². The lowest BCUT2D eigenvalue weighted by Crippen LogP contribution is -2.42. The molecule has 5 atom stereocenters. The average molecular weight is 545 g/mol. The average Bonchev–Trinajstić information content (AvgIpc) is 3.24. The number of aliphatic hydroxyl groups excluding tert-OH is 1. The van der Waals surface area contributed by atoms with Crippen molar-refractivity contribution in [3.8, 4) is 0 Å². The number of carboxylic acids is 1. The van der Waals surface area contributed by atoms with Crippen LogP contribution in [0.25, 0.3) is 0 Å². The van der Waals surface area contributed by atoms with Gasteiger partial charge in [0.2, 0.25) is 5.91 Å². The van der Waals surface area contributed by atoms with Crippen molar-refractivity contribution < 1.29 is 32.6 Å². The molecule has 2 heterocycles. The van der Waals surface area contributed by atoms with Crippen LogP contribution in [0.15, 0.2) is 34.9 Å². The van der Waals surface area contributed by atoms with Gasteiger partial charge in [-0.3, -0.25) is 9.69 Å². The number of hydrogen-bond donors (Lipinski definition) is 4. The number of halogens is 1. The quantitative estimate of drug-likeness (QED) is 0.343. The van der Waals surface area contributed by atoms with Crippen LogP contribution < -0.4 is 9.86 Å². The monoisotopic (exact) mass is 544 g/mol. The topological polar surface area (TPSA) is 153 Å². The molecule has 0 saturated carbocycles. The van der Waals surface area contributed by atoms with Crippen LogP contribution in [0.1, 0.15) is 39.2 Å². The van der Waals surface area contributed by atoms with Gasteiger partial charge < -0.3 is 15.1 Å². The van der Waals surface area contributed by atoms with Crippen LogP contribution >= 0.6 is 11.8 Å². The minimum atomic E-state index is -3.92. The lowest BCUT2D eigenvalue weighted by atomic mass is 9.98. The number of carbonyl (C=O) groups excluding carboxylic acids is 1. The van der Waals surface area contributed by atoms with Gasteiger partial charge >= 0.3 is 5.97 Å². The highest BCUT2D eigenvalue weighted by Gasteiger charge is 2.45. The summed E-state index contributed by atoms with van der Waals surface area (Å²) < 4.78 is 39.1. The molecule has 2 aliphatic heterocycles. The third-order valence-corrected chi connectivity index (χ3v) is 8.56. The molecule has 0 aliphatic carbocycles. The summed E-state index contributed by atoms with van der Waals surface area (Å²) in [5.41, 5.74) is 0.647. The number of nitrogens with two attached hydrogens (primary N) is 1. The van der Waals surface area contributed by atoms with Gasteiger partial charge in [-0.15, -0.1) is 11.8 Å². The molecule has 0 bridgehead atoms. The standard InChI is InChI=1S/C23H33FN4O6S2/c1-13(29)7-20-14(2)22(21(23(31)32)28(20)15(3)30)35-19-9-18(10-26-36(25,33)34)27(12-19)11-16-5-4-6-17(24)8-16/h4-6,8,13-14,18-20,26,29H,7,9-12H2,1-3H3,(H,31,32)(H2,25,33,34)/t13-,14-,18+,19+,20+/m1/s1. The van der Waals surface area contributed by atoms with Crippen molar-refractivity contribution in [2.24, 2.45) is 11.1 Å². The number of carboxylic acid groups (broad SMARTS) is 1. The minimum Gasteiger partial charge on any atom is -0.477 e. The minimum absolute atomic E-state index is 0.0514. The van der Waals surface area contributed by atoms with E-state index in [0.717, 1.165) is 5.56 Å². The van der Waals surface area contributed by atoms with Gasteiger partial charge in [0.25, 0.3) is 10.2 Å². The summed E-state index contributed by atoms with van der Waals surface area (Å²) in [7, 11) is -3.92. The largest absolute Gasteiger partial charge is 0.477 e. The van der Waals surface area contributed by atoms with Crippen molar-refractivity contribution in [1.29, 1.82) is 0 Å². The van der Waals surface area contributed by atoms with E-state index in [1.54, 1.807) is 19.1 Å². The van der Waals surface area contributed by atoms with Gasteiger partial charge in [0.15, 0.2) is 0 Å². The first-order valence-electron chi connectivity index (χ1n) is 11.6. The van der Waals surface area contributed by atoms with E-state index >= 15 is 0 Å². The zero-order chi connectivity index (χ0) is 26.8. The molecule has 200 valence electrons. The Morgan fingerprint density at radius 2 is 2.06 bits per heavy atom. The van der Waals surface area contributed by atoms with Crippen molar-refractivity contribution in [3.05, 3.63) is 46.2 Å². The van der Waals surface area contributed by atoms with Gasteiger partial charge in [-0.2, -0.15) is 8.42 Å². The Morgan fingerprint density at radius 3 is 2.61 bits per heavy atom. The molecular formula is C23H33FN4O6S2. The molecule has 1 aromatic carbocycles. The molecule has 1 amide bonds. The molecule has 36 heavy (non-hydrogen) atoms. The fourth-order valence-electron chi connectivity index (χ4n) is 5.01. The third-order valence-electron chi connectivity index (χ3n) is 6.50. The molecule has 1 fully saturated rings. The van der Waals surface area contributed by atoms with Crippen LogP contribution in [0.3, 0.4) is 0 Å². The molecule has 0 spiro atoms. The van der Waals surface area contributed by atoms with E-state index < -0.39 is 34.2 Å². The molecule has 5 N–H and O–H groups in total. The molecule has 1 saturated heterocycles. The number of amides is 1. The first-order valence-corrected chi connectivity index (χ1v) is 14.1. The maximum absolute atomic E-state index is 13.7. The number of benzene rings is 1. The van der Waals surface area contributed by atoms with Gasteiger partial charge in [0.1, 0.15) is 11.5 Å². The second kappa shape index (κ2) is 11.6. The number of rotatable bonds is 10. The van der Waals surface area contributed by atoms with E-state index in [0.29, 0.717) is 24.4 Å². The van der Waals surface area contributed by atoms with E-state index in [9.17, 15) is 32.6 Å². The Labute approximate surface area is 214 Å². The lowest BCUT2D eigenvalue weighted by Gasteiger charge is -2.28. The van der Waals surface area contributed by atoms with Crippen LogP contribution in [0.5, 0.6) is 0 Å². The predicted molar refractivity (Wildman–Crippen MR) is 134 cm³/mol. The van der Waals surface area contributed by atoms with Crippen LogP contribution in [0, 0.1) is 11.7 Å². The Balaban J connectivity index is 1.86. The zero-order valence-corrected chi connectivity index (χ0v) is 22.1. The summed E-state index contributed by atoms with van der Waals surface area (Å²) in [6.45, 7) is 5.67. The van der Waals surface area contributed by atoms with Crippen molar-refractivity contribution in [1.82, 2.24) is 14.5 Å². The van der Waals surface area contributed by atoms with E-state index in [1.807, 2.05) is 11.8 Å². The summed E-state index contributed by atoms with van der Waals surface area (Å²) in [6.07, 6.45) is 0.0339. The number of aliphatic carboxylic acids is 1. The Morgan fingerprint density at radius 1 is 1.36 bits per heavy atom. The van der Waals surface area contributed by atoms with Gasteiger partial charge in [-0.05, 0) is 37.5 Å². The smallest absolute Gasteiger partial charge is 0.353 e. The van der Waals surface area contributed by atoms with E-state index in [1.165, 1.54) is 35.7 Å². The SMILES string of the molecule is CC(=O)N1C(C(=O)O)=C(S[C@H]2C[C@@H](CNS(N)(=O)=O)N(Cc3cccc(F)c3)C2)[C@H](C)[C@@H]1C[C@@H](C)O. The van der Waals surface area contributed by atoms with Gasteiger partial charge in [-0.1, -0.05) is 19.1 Å². The van der Waals surface area contributed by atoms with Crippen molar-refractivity contribution in [2.45, 2.75) is 63.6 Å². The van der Waals surface area contributed by atoms with E-state index in [-0.39, 0.29) is 41.7 Å². The number of aliphatic hydroxyl groups is 1. The molecule has 13 heteroatoms. The first kappa shape index (κ1) is 28.5. The second-order valence-corrected chi connectivity index (χ2v) is 12.2. The number of nitrogens with zero attached hydrogens (tertiary/aromatic N) is 2. The fraction of sp³-hybridized carbons (Fsp3) is 0.565. The number of hydrogen-bond acceptors (Lipinski definition) is 7. The molecule has 0 aromatic heterocycles. The van der Waals surface area contributed by atoms with Crippen molar-refractivity contribution in [3.63, 3.8) is 0 Å². The van der Waals surface area contributed by atoms with Crippen LogP contribution in [0.4, 0.5) is 4.39 Å². The van der Waals surface area contributed by atoms with Crippen LogP contribution in [-0.4, -0.2) is 76.8 Å². The van der Waals surface area contributed by atoms with E-state index in [4.69, 9.17) is 5.14 Å². The summed E-state index contributed by atoms with van der Waals surface area (Å²) in [5.74, 6) is -2.30. The summed E-state index contributed by atoms with van der Waals surface area (Å²) in [4.78, 5) is 28.5. The zero-order valence-electron chi connectivity index (χ0n) is 20.4. The van der Waals surface area contributed by atoms with Crippen LogP contribution in [0.2, 0.25) is 0 Å². The van der Waals surface area contributed by atoms with Crippen LogP contribution in [-0.2, 0) is 26.3 Å². The molecule has 1 aromatic rings. The fourth-order valence-corrected chi connectivity index (χ4v) is 7.05. The predicted octanol–water partition coefficient (Wildman–Crippen LogP) is 1.23. The molecule has 2 aliphatic rings. The number of likely N-dealkylation sites (tertiary alicyclic amines) is 1. The molecule has 10 nitrogen and oxygen atoms in total. The molecule has 0 radical (unpaired) electrons. The highest BCUT2D eigenvalue weighted by atomic mass is 32.2. The highest BCUT2D eigenvalue weighted by molar-refractivity contribution is 8.03. The van der Waals surface area contributed by atoms with Gasteiger partial charge in [0, 0.05) is 54.7 Å².